The lowest BCUT2D eigenvalue weighted by Gasteiger charge is -2.16. The van der Waals surface area contributed by atoms with Crippen LogP contribution < -0.4 is 16.2 Å². The van der Waals surface area contributed by atoms with Crippen LogP contribution in [-0.4, -0.2) is 25.8 Å². The van der Waals surface area contributed by atoms with Gasteiger partial charge in [0.25, 0.3) is 5.56 Å². The van der Waals surface area contributed by atoms with Crippen molar-refractivity contribution in [2.75, 3.05) is 10.6 Å². The number of aromatic nitrogens is 4. The van der Waals surface area contributed by atoms with E-state index >= 15 is 0 Å². The molecule has 2 heterocycles. The zero-order valence-electron chi connectivity index (χ0n) is 18.1. The van der Waals surface area contributed by atoms with Crippen LogP contribution in [0.2, 0.25) is 10.0 Å². The minimum atomic E-state index is -0.495. The van der Waals surface area contributed by atoms with E-state index in [9.17, 15) is 9.59 Å². The van der Waals surface area contributed by atoms with Gasteiger partial charge in [0.05, 0.1) is 21.4 Å². The number of carbonyl (C=O) groups is 1. The summed E-state index contributed by atoms with van der Waals surface area (Å²) in [6.07, 6.45) is 3.45. The van der Waals surface area contributed by atoms with Gasteiger partial charge in [0.2, 0.25) is 5.95 Å². The van der Waals surface area contributed by atoms with Gasteiger partial charge in [-0.15, -0.1) is 0 Å². The maximum Gasteiger partial charge on any atom is 0.324 e. The lowest BCUT2D eigenvalue weighted by molar-refractivity contribution is 0.262. The van der Waals surface area contributed by atoms with Crippen LogP contribution in [0.3, 0.4) is 0 Å². The molecular weight excluding hydrogens is 451 g/mol. The van der Waals surface area contributed by atoms with Gasteiger partial charge >= 0.3 is 6.03 Å². The van der Waals surface area contributed by atoms with E-state index in [1.807, 2.05) is 20.8 Å². The summed E-state index contributed by atoms with van der Waals surface area (Å²) in [6, 6.07) is 6.08. The van der Waals surface area contributed by atoms with Crippen LogP contribution in [0.5, 0.6) is 0 Å². The largest absolute Gasteiger partial charge is 0.324 e. The molecule has 3 aromatic rings. The summed E-state index contributed by atoms with van der Waals surface area (Å²) < 4.78 is 1.46. The Labute approximate surface area is 195 Å². The topological polar surface area (TPSA) is 105 Å². The molecule has 4 rings (SSSR count). The van der Waals surface area contributed by atoms with E-state index in [0.29, 0.717) is 21.6 Å². The number of aromatic amines is 1. The summed E-state index contributed by atoms with van der Waals surface area (Å²) in [6.45, 7) is 6.05. The number of rotatable bonds is 3. The molecular formula is C22H24Cl2N6O2. The Kier molecular flexibility index (Phi) is 6.01. The molecule has 0 unspecified atom stereocenters. The molecule has 32 heavy (non-hydrogen) atoms. The average molecular weight is 475 g/mol. The van der Waals surface area contributed by atoms with Crippen molar-refractivity contribution in [2.45, 2.75) is 51.9 Å². The van der Waals surface area contributed by atoms with Crippen LogP contribution in [0, 0.1) is 0 Å². The summed E-state index contributed by atoms with van der Waals surface area (Å²) in [5, 5.41) is 10.9. The van der Waals surface area contributed by atoms with Crippen LogP contribution in [0.25, 0.3) is 5.95 Å². The van der Waals surface area contributed by atoms with Crippen molar-refractivity contribution in [3.05, 3.63) is 61.6 Å². The Hall–Kier alpha value is -2.84. The number of anilines is 2. The molecule has 0 bridgehead atoms. The molecule has 0 atom stereocenters. The van der Waals surface area contributed by atoms with Gasteiger partial charge in [0, 0.05) is 22.7 Å². The number of nitrogens with zero attached hydrogens (tertiary/aromatic N) is 3. The van der Waals surface area contributed by atoms with Gasteiger partial charge < -0.3 is 5.32 Å². The fourth-order valence-corrected chi connectivity index (χ4v) is 3.84. The fourth-order valence-electron chi connectivity index (χ4n) is 3.54. The maximum absolute atomic E-state index is 12.7. The van der Waals surface area contributed by atoms with Gasteiger partial charge in [-0.1, -0.05) is 44.0 Å². The van der Waals surface area contributed by atoms with Gasteiger partial charge in [0.1, 0.15) is 5.82 Å². The molecule has 1 aliphatic carbocycles. The number of nitrogens with one attached hydrogen (secondary N) is 3. The summed E-state index contributed by atoms with van der Waals surface area (Å²) >= 11 is 12.0. The summed E-state index contributed by atoms with van der Waals surface area (Å²) in [4.78, 5) is 32.8. The molecule has 0 saturated carbocycles. The van der Waals surface area contributed by atoms with Crippen LogP contribution >= 0.6 is 23.2 Å². The monoisotopic (exact) mass is 474 g/mol. The van der Waals surface area contributed by atoms with Gasteiger partial charge in [-0.2, -0.15) is 9.78 Å². The van der Waals surface area contributed by atoms with E-state index in [1.165, 1.54) is 4.68 Å². The van der Waals surface area contributed by atoms with Gasteiger partial charge in [0.15, 0.2) is 0 Å². The Bertz CT molecular complexity index is 1240. The SMILES string of the molecule is CC(C)(C)c1cc(NC(=O)Nc2ccc(Cl)c(Cl)c2)n(-c2nc3c(c(=O)[nH]2)CCCC3)n1. The van der Waals surface area contributed by atoms with Crippen molar-refractivity contribution >= 4 is 40.7 Å². The number of amides is 2. The number of urea groups is 1. The molecule has 8 nitrogen and oxygen atoms in total. The summed E-state index contributed by atoms with van der Waals surface area (Å²) in [7, 11) is 0. The molecule has 1 aromatic carbocycles. The fraction of sp³-hybridized carbons (Fsp3) is 0.364. The molecule has 10 heteroatoms. The highest BCUT2D eigenvalue weighted by molar-refractivity contribution is 6.42. The number of benzene rings is 1. The van der Waals surface area contributed by atoms with Crippen molar-refractivity contribution in [3.8, 4) is 5.95 Å². The first-order chi connectivity index (χ1) is 15.1. The first-order valence-electron chi connectivity index (χ1n) is 10.4. The zero-order valence-corrected chi connectivity index (χ0v) is 19.6. The average Bonchev–Trinajstić information content (AvgIpc) is 3.15. The second-order valence-electron chi connectivity index (χ2n) is 8.81. The van der Waals surface area contributed by atoms with E-state index in [0.717, 1.165) is 42.6 Å². The number of carbonyl (C=O) groups excluding carboxylic acids is 1. The molecule has 168 valence electrons. The molecule has 2 aromatic heterocycles. The second kappa shape index (κ2) is 8.60. The highest BCUT2D eigenvalue weighted by Crippen LogP contribution is 2.27. The van der Waals surface area contributed by atoms with E-state index in [4.69, 9.17) is 23.2 Å². The molecule has 1 aliphatic rings. The highest BCUT2D eigenvalue weighted by Gasteiger charge is 2.24. The lowest BCUT2D eigenvalue weighted by Crippen LogP contribution is -2.26. The van der Waals surface area contributed by atoms with Crippen molar-refractivity contribution in [2.24, 2.45) is 0 Å². The highest BCUT2D eigenvalue weighted by atomic mass is 35.5. The Morgan fingerprint density at radius 1 is 1.09 bits per heavy atom. The minimum Gasteiger partial charge on any atom is -0.308 e. The first kappa shape index (κ1) is 22.4. The van der Waals surface area contributed by atoms with E-state index in [1.54, 1.807) is 24.3 Å². The predicted octanol–water partition coefficient (Wildman–Crippen LogP) is 5.08. The summed E-state index contributed by atoms with van der Waals surface area (Å²) in [5.41, 5.74) is 2.30. The van der Waals surface area contributed by atoms with Crippen molar-refractivity contribution < 1.29 is 4.79 Å². The lowest BCUT2D eigenvalue weighted by atomic mass is 9.92. The maximum atomic E-state index is 12.7. The quantitative estimate of drug-likeness (QED) is 0.491. The predicted molar refractivity (Wildman–Crippen MR) is 126 cm³/mol. The first-order valence-corrected chi connectivity index (χ1v) is 11.1. The molecule has 0 spiro atoms. The number of aryl methyl sites for hydroxylation is 1. The van der Waals surface area contributed by atoms with E-state index in [-0.39, 0.29) is 16.9 Å². The number of hydrogen-bond acceptors (Lipinski definition) is 4. The Morgan fingerprint density at radius 2 is 1.84 bits per heavy atom. The molecule has 2 amide bonds. The normalized spacial score (nSPS) is 13.5. The third-order valence-corrected chi connectivity index (χ3v) is 6.02. The van der Waals surface area contributed by atoms with Crippen LogP contribution in [0.15, 0.2) is 29.1 Å². The van der Waals surface area contributed by atoms with Gasteiger partial charge in [-0.25, -0.2) is 9.78 Å². The molecule has 3 N–H and O–H groups in total. The number of fused-ring (bicyclic) bond motifs is 1. The van der Waals surface area contributed by atoms with Crippen LogP contribution in [0.4, 0.5) is 16.3 Å². The Morgan fingerprint density at radius 3 is 2.56 bits per heavy atom. The Balaban J connectivity index is 1.68. The standard InChI is InChI=1S/C22H24Cl2N6O2/c1-22(2,3)17-11-18(27-21(32)25-12-8-9-14(23)15(24)10-12)30(29-17)20-26-16-7-5-4-6-13(16)19(31)28-20/h8-11H,4-7H2,1-3H3,(H2,25,27,32)(H,26,28,31). The van der Waals surface area contributed by atoms with E-state index in [2.05, 4.69) is 25.7 Å². The van der Waals surface area contributed by atoms with Crippen molar-refractivity contribution in [1.29, 1.82) is 0 Å². The van der Waals surface area contributed by atoms with E-state index < -0.39 is 6.03 Å². The molecule has 0 radical (unpaired) electrons. The molecule has 0 aliphatic heterocycles. The van der Waals surface area contributed by atoms with Crippen molar-refractivity contribution in [3.63, 3.8) is 0 Å². The number of H-pyrrole nitrogens is 1. The minimum absolute atomic E-state index is 0.163. The number of hydrogen-bond donors (Lipinski definition) is 3. The summed E-state index contributed by atoms with van der Waals surface area (Å²) in [5.74, 6) is 0.655. The van der Waals surface area contributed by atoms with Crippen LogP contribution in [-0.2, 0) is 18.3 Å². The molecule has 0 saturated heterocycles. The second-order valence-corrected chi connectivity index (χ2v) is 9.62. The third-order valence-electron chi connectivity index (χ3n) is 5.28. The smallest absolute Gasteiger partial charge is 0.308 e. The molecule has 0 fully saturated rings. The van der Waals surface area contributed by atoms with Crippen LogP contribution in [0.1, 0.15) is 50.6 Å². The third kappa shape index (κ3) is 4.66. The van der Waals surface area contributed by atoms with Crippen molar-refractivity contribution in [1.82, 2.24) is 19.7 Å². The zero-order chi connectivity index (χ0) is 23.0. The van der Waals surface area contributed by atoms with Gasteiger partial charge in [-0.05, 0) is 43.9 Å². The number of halogens is 2. The van der Waals surface area contributed by atoms with Gasteiger partial charge in [-0.3, -0.25) is 15.1 Å².